The molecular weight excluding hydrogens is 693 g/mol. The first-order valence-electron chi connectivity index (χ1n) is 15.4. The fourth-order valence-electron chi connectivity index (χ4n) is 5.90. The Bertz CT molecular complexity index is 1800. The van der Waals surface area contributed by atoms with Gasteiger partial charge in [-0.2, -0.15) is 8.78 Å². The zero-order chi connectivity index (χ0) is 35.8. The molecule has 4 aromatic rings. The Morgan fingerprint density at radius 2 is 1.27 bits per heavy atom. The standard InChI is InChI=1S/C35H31F11O2S/c1-2-3-16-47-27-13-15-29(31(37)20-27)35(40,41)48-26-11-8-22(9-12-26)21-4-6-23(7-5-21)24-10-14-28(30(36)17-24)25-18-32(38)34(33(39)19-25)49(42,43,44,45)46/h4-7,10,13-15,17-20,22,26H,2-3,8-9,11-12,16H2,1H3. The van der Waals surface area contributed by atoms with Crippen LogP contribution in [0.1, 0.15) is 62.5 Å². The van der Waals surface area contributed by atoms with E-state index in [4.69, 9.17) is 9.47 Å². The monoisotopic (exact) mass is 724 g/mol. The summed E-state index contributed by atoms with van der Waals surface area (Å²) in [6.45, 7) is 2.30. The fourth-order valence-corrected chi connectivity index (χ4v) is 6.76. The van der Waals surface area contributed by atoms with Crippen molar-refractivity contribution in [3.63, 3.8) is 0 Å². The quantitative estimate of drug-likeness (QED) is 0.113. The molecule has 1 aliphatic rings. The van der Waals surface area contributed by atoms with E-state index in [2.05, 4.69) is 0 Å². The summed E-state index contributed by atoms with van der Waals surface area (Å²) in [7, 11) is -10.7. The minimum absolute atomic E-state index is 0.00286. The molecule has 0 aromatic heterocycles. The van der Waals surface area contributed by atoms with E-state index >= 15 is 4.39 Å². The predicted octanol–water partition coefficient (Wildman–Crippen LogP) is 13.2. The van der Waals surface area contributed by atoms with Gasteiger partial charge in [-0.1, -0.05) is 69.2 Å². The van der Waals surface area contributed by atoms with Crippen LogP contribution < -0.4 is 4.74 Å². The minimum Gasteiger partial charge on any atom is -0.493 e. The highest BCUT2D eigenvalue weighted by Gasteiger charge is 2.69. The zero-order valence-corrected chi connectivity index (χ0v) is 26.7. The average Bonchev–Trinajstić information content (AvgIpc) is 2.99. The van der Waals surface area contributed by atoms with Crippen LogP contribution in [0.5, 0.6) is 5.75 Å². The lowest BCUT2D eigenvalue weighted by Crippen LogP contribution is -2.30. The molecule has 0 radical (unpaired) electrons. The van der Waals surface area contributed by atoms with Gasteiger partial charge in [-0.25, -0.2) is 17.6 Å². The second kappa shape index (κ2) is 12.8. The second-order valence-electron chi connectivity index (χ2n) is 12.0. The Morgan fingerprint density at radius 3 is 1.82 bits per heavy atom. The number of alkyl halides is 2. The Labute approximate surface area is 275 Å². The van der Waals surface area contributed by atoms with E-state index in [1.807, 2.05) is 6.92 Å². The summed E-state index contributed by atoms with van der Waals surface area (Å²) >= 11 is 0. The van der Waals surface area contributed by atoms with Gasteiger partial charge < -0.3 is 9.47 Å². The molecule has 0 saturated heterocycles. The van der Waals surface area contributed by atoms with Crippen molar-refractivity contribution >= 4 is 10.2 Å². The molecule has 5 rings (SSSR count). The minimum atomic E-state index is -10.7. The molecule has 0 heterocycles. The van der Waals surface area contributed by atoms with Gasteiger partial charge in [-0.05, 0) is 90.6 Å². The van der Waals surface area contributed by atoms with Crippen molar-refractivity contribution in [2.45, 2.75) is 68.5 Å². The summed E-state index contributed by atoms with van der Waals surface area (Å²) in [5.41, 5.74) is -0.374. The summed E-state index contributed by atoms with van der Waals surface area (Å²) in [4.78, 5) is -3.29. The van der Waals surface area contributed by atoms with E-state index in [1.54, 1.807) is 24.3 Å². The lowest BCUT2D eigenvalue weighted by atomic mass is 9.82. The van der Waals surface area contributed by atoms with Crippen molar-refractivity contribution in [2.24, 2.45) is 0 Å². The fraction of sp³-hybridized carbons (Fsp3) is 0.314. The van der Waals surface area contributed by atoms with E-state index in [-0.39, 0.29) is 23.8 Å². The molecule has 49 heavy (non-hydrogen) atoms. The molecule has 0 unspecified atom stereocenters. The van der Waals surface area contributed by atoms with Crippen molar-refractivity contribution in [3.05, 3.63) is 107 Å². The van der Waals surface area contributed by atoms with E-state index in [9.17, 15) is 41.4 Å². The van der Waals surface area contributed by atoms with Crippen LogP contribution in [0.15, 0.2) is 77.7 Å². The van der Waals surface area contributed by atoms with Crippen LogP contribution in [-0.4, -0.2) is 12.7 Å². The molecule has 0 spiro atoms. The van der Waals surface area contributed by atoms with Crippen LogP contribution in [0.3, 0.4) is 0 Å². The molecule has 2 nitrogen and oxygen atoms in total. The normalized spacial score (nSPS) is 18.5. The van der Waals surface area contributed by atoms with Gasteiger partial charge in [0.25, 0.3) is 0 Å². The summed E-state index contributed by atoms with van der Waals surface area (Å²) in [5.74, 6) is -7.16. The maximum Gasteiger partial charge on any atom is 0.386 e. The highest BCUT2D eigenvalue weighted by molar-refractivity contribution is 8.45. The van der Waals surface area contributed by atoms with Crippen LogP contribution in [-0.2, 0) is 10.8 Å². The van der Waals surface area contributed by atoms with Crippen molar-refractivity contribution in [3.8, 4) is 28.0 Å². The first-order chi connectivity index (χ1) is 22.8. The highest BCUT2D eigenvalue weighted by Crippen LogP contribution is 3.02. The van der Waals surface area contributed by atoms with Gasteiger partial charge >= 0.3 is 16.3 Å². The molecule has 0 atom stereocenters. The largest absolute Gasteiger partial charge is 0.493 e. The SMILES string of the molecule is CCCCOc1ccc(C(F)(F)OC2CCC(c3ccc(-c4ccc(-c5cc(F)c(S(F)(F)(F)(F)F)c(F)c5)c(F)c4)cc3)CC2)c(F)c1. The molecule has 266 valence electrons. The van der Waals surface area contributed by atoms with E-state index < -0.39 is 67.3 Å². The predicted molar refractivity (Wildman–Crippen MR) is 165 cm³/mol. The van der Waals surface area contributed by atoms with Crippen molar-refractivity contribution < 1.29 is 55.2 Å². The van der Waals surface area contributed by atoms with Crippen LogP contribution in [0.25, 0.3) is 22.3 Å². The van der Waals surface area contributed by atoms with Crippen LogP contribution in [0.2, 0.25) is 0 Å². The van der Waals surface area contributed by atoms with Gasteiger partial charge in [0, 0.05) is 11.6 Å². The van der Waals surface area contributed by atoms with Crippen molar-refractivity contribution in [2.75, 3.05) is 6.61 Å². The Balaban J connectivity index is 1.21. The topological polar surface area (TPSA) is 18.5 Å². The third-order valence-corrected chi connectivity index (χ3v) is 9.55. The Morgan fingerprint density at radius 1 is 0.673 bits per heavy atom. The van der Waals surface area contributed by atoms with E-state index in [0.717, 1.165) is 42.7 Å². The molecule has 1 saturated carbocycles. The lowest BCUT2D eigenvalue weighted by Gasteiger charge is -2.40. The zero-order valence-electron chi connectivity index (χ0n) is 25.9. The van der Waals surface area contributed by atoms with Crippen molar-refractivity contribution in [1.29, 1.82) is 0 Å². The molecule has 1 aliphatic carbocycles. The third kappa shape index (κ3) is 8.51. The molecule has 1 fully saturated rings. The van der Waals surface area contributed by atoms with E-state index in [0.29, 0.717) is 43.4 Å². The number of unbranched alkanes of at least 4 members (excludes halogenated alkanes) is 1. The van der Waals surface area contributed by atoms with Gasteiger partial charge in [0.2, 0.25) is 0 Å². The maximum atomic E-state index is 15.0. The first kappa shape index (κ1) is 36.5. The van der Waals surface area contributed by atoms with Gasteiger partial charge in [0.1, 0.15) is 29.0 Å². The smallest absolute Gasteiger partial charge is 0.386 e. The van der Waals surface area contributed by atoms with Crippen LogP contribution in [0.4, 0.5) is 45.8 Å². The van der Waals surface area contributed by atoms with Gasteiger partial charge in [-0.15, -0.1) is 0 Å². The number of rotatable bonds is 11. The first-order valence-corrected chi connectivity index (χ1v) is 17.3. The molecular formula is C35H31F11O2S. The molecule has 4 aromatic carbocycles. The van der Waals surface area contributed by atoms with Crippen LogP contribution >= 0.6 is 10.2 Å². The highest BCUT2D eigenvalue weighted by atomic mass is 32.5. The summed E-state index contributed by atoms with van der Waals surface area (Å²) in [6, 6.07) is 13.4. The summed E-state index contributed by atoms with van der Waals surface area (Å²) in [5, 5.41) is 0. The number of ether oxygens (including phenoxy) is 2. The molecule has 0 aliphatic heterocycles. The summed E-state index contributed by atoms with van der Waals surface area (Å²) < 4.78 is 163. The van der Waals surface area contributed by atoms with E-state index in [1.165, 1.54) is 12.1 Å². The molecule has 0 bridgehead atoms. The number of benzene rings is 4. The lowest BCUT2D eigenvalue weighted by molar-refractivity contribution is -0.278. The maximum absolute atomic E-state index is 15.0. The second-order valence-corrected chi connectivity index (χ2v) is 14.4. The molecule has 14 heteroatoms. The number of hydrogen-bond donors (Lipinski definition) is 0. The number of halogens is 11. The van der Waals surface area contributed by atoms with Crippen molar-refractivity contribution in [1.82, 2.24) is 0 Å². The number of hydrogen-bond acceptors (Lipinski definition) is 2. The molecule has 0 amide bonds. The third-order valence-electron chi connectivity index (χ3n) is 8.39. The average molecular weight is 725 g/mol. The Kier molecular flexibility index (Phi) is 9.56. The Hall–Kier alpha value is -3.78. The van der Waals surface area contributed by atoms with Crippen LogP contribution in [0, 0.1) is 23.3 Å². The van der Waals surface area contributed by atoms with Gasteiger partial charge in [0.05, 0.1) is 18.3 Å². The summed E-state index contributed by atoms with van der Waals surface area (Å²) in [6.07, 6.45) is -1.46. The van der Waals surface area contributed by atoms with Gasteiger partial charge in [0.15, 0.2) is 4.90 Å². The molecule has 0 N–H and O–H groups in total. The van der Waals surface area contributed by atoms with Gasteiger partial charge in [-0.3, -0.25) is 0 Å².